The minimum atomic E-state index is -0.177. The lowest BCUT2D eigenvalue weighted by atomic mass is 9.94. The van der Waals surface area contributed by atoms with Crippen LogP contribution in [0.1, 0.15) is 55.8 Å². The summed E-state index contributed by atoms with van der Waals surface area (Å²) in [6.07, 6.45) is 4.84. The number of rotatable bonds is 3. The number of anilines is 1. The molecule has 4 heterocycles. The monoisotopic (exact) mass is 430 g/mol. The standard InChI is InChI=1S/C23H34N4O2S/c1-16-17(2)30-21-19(16)20(24-18(25-21)13-26-9-11-28-12-10-26)27-14-22(3,4)29-23(15-27)7-5-6-8-23/h5-15H2,1-4H3. The predicted molar refractivity (Wildman–Crippen MR) is 122 cm³/mol. The van der Waals surface area contributed by atoms with Crippen LogP contribution in [0, 0.1) is 13.8 Å². The lowest BCUT2D eigenvalue weighted by Crippen LogP contribution is -2.59. The Bertz CT molecular complexity index is 929. The van der Waals surface area contributed by atoms with E-state index in [-0.39, 0.29) is 11.2 Å². The van der Waals surface area contributed by atoms with Crippen LogP contribution in [0.4, 0.5) is 5.82 Å². The van der Waals surface area contributed by atoms with E-state index in [4.69, 9.17) is 19.4 Å². The topological polar surface area (TPSA) is 50.7 Å². The molecule has 1 spiro atoms. The number of nitrogens with zero attached hydrogens (tertiary/aromatic N) is 4. The zero-order valence-corrected chi connectivity index (χ0v) is 19.6. The zero-order valence-electron chi connectivity index (χ0n) is 18.8. The summed E-state index contributed by atoms with van der Waals surface area (Å²) in [4.78, 5) is 17.6. The van der Waals surface area contributed by atoms with Crippen molar-refractivity contribution < 1.29 is 9.47 Å². The fourth-order valence-corrected chi connectivity index (χ4v) is 6.52. The zero-order chi connectivity index (χ0) is 20.9. The van der Waals surface area contributed by atoms with Crippen LogP contribution in [0.5, 0.6) is 0 Å². The second-order valence-corrected chi connectivity index (χ2v) is 11.1. The van der Waals surface area contributed by atoms with Crippen molar-refractivity contribution >= 4 is 27.4 Å². The number of fused-ring (bicyclic) bond motifs is 1. The minimum absolute atomic E-state index is 0.0254. The van der Waals surface area contributed by atoms with Gasteiger partial charge in [-0.1, -0.05) is 12.8 Å². The molecule has 0 N–H and O–H groups in total. The van der Waals surface area contributed by atoms with E-state index in [1.807, 2.05) is 0 Å². The van der Waals surface area contributed by atoms with Crippen LogP contribution >= 0.6 is 11.3 Å². The largest absolute Gasteiger partial charge is 0.379 e. The van der Waals surface area contributed by atoms with Crippen molar-refractivity contribution in [2.75, 3.05) is 44.3 Å². The van der Waals surface area contributed by atoms with Gasteiger partial charge in [0.2, 0.25) is 0 Å². The molecule has 7 heteroatoms. The highest BCUT2D eigenvalue weighted by molar-refractivity contribution is 7.18. The number of hydrogen-bond donors (Lipinski definition) is 0. The van der Waals surface area contributed by atoms with E-state index in [1.165, 1.54) is 28.7 Å². The van der Waals surface area contributed by atoms with Gasteiger partial charge in [0.05, 0.1) is 36.3 Å². The molecule has 6 nitrogen and oxygen atoms in total. The second-order valence-electron chi connectivity index (χ2n) is 9.92. The quantitative estimate of drug-likeness (QED) is 0.732. The average Bonchev–Trinajstić information content (AvgIpc) is 3.24. The summed E-state index contributed by atoms with van der Waals surface area (Å²) in [6.45, 7) is 15.0. The highest BCUT2D eigenvalue weighted by atomic mass is 32.1. The molecule has 2 aromatic rings. The summed E-state index contributed by atoms with van der Waals surface area (Å²) in [5.74, 6) is 2.05. The summed E-state index contributed by atoms with van der Waals surface area (Å²) in [7, 11) is 0. The van der Waals surface area contributed by atoms with Gasteiger partial charge in [0.15, 0.2) is 0 Å². The van der Waals surface area contributed by atoms with Gasteiger partial charge in [-0.25, -0.2) is 9.97 Å². The number of aromatic nitrogens is 2. The molecule has 2 saturated heterocycles. The van der Waals surface area contributed by atoms with Gasteiger partial charge in [0, 0.05) is 31.1 Å². The molecule has 0 aromatic carbocycles. The van der Waals surface area contributed by atoms with Gasteiger partial charge in [-0.2, -0.15) is 0 Å². The molecule has 0 amide bonds. The molecular weight excluding hydrogens is 396 g/mol. The van der Waals surface area contributed by atoms with Crippen molar-refractivity contribution in [2.24, 2.45) is 0 Å². The highest BCUT2D eigenvalue weighted by Gasteiger charge is 2.46. The van der Waals surface area contributed by atoms with E-state index in [1.54, 1.807) is 11.3 Å². The van der Waals surface area contributed by atoms with Crippen LogP contribution in [-0.2, 0) is 16.0 Å². The Hall–Kier alpha value is -1.28. The molecule has 2 aliphatic heterocycles. The van der Waals surface area contributed by atoms with Crippen LogP contribution in [0.2, 0.25) is 0 Å². The second kappa shape index (κ2) is 7.69. The Morgan fingerprint density at radius 2 is 1.77 bits per heavy atom. The molecule has 0 radical (unpaired) electrons. The summed E-state index contributed by atoms with van der Waals surface area (Å²) in [6, 6.07) is 0. The lowest BCUT2D eigenvalue weighted by Gasteiger charge is -2.49. The number of hydrogen-bond acceptors (Lipinski definition) is 7. The first-order valence-corrected chi connectivity index (χ1v) is 12.2. The Morgan fingerprint density at radius 1 is 1.03 bits per heavy atom. The van der Waals surface area contributed by atoms with E-state index >= 15 is 0 Å². The maximum absolute atomic E-state index is 6.67. The van der Waals surface area contributed by atoms with Gasteiger partial charge in [-0.3, -0.25) is 4.90 Å². The maximum atomic E-state index is 6.67. The Morgan fingerprint density at radius 3 is 2.50 bits per heavy atom. The molecule has 1 aliphatic carbocycles. The first kappa shape index (κ1) is 20.6. The fourth-order valence-electron chi connectivity index (χ4n) is 5.47. The molecule has 2 aromatic heterocycles. The highest BCUT2D eigenvalue weighted by Crippen LogP contribution is 2.44. The number of aryl methyl sites for hydroxylation is 2. The Labute approximate surface area is 183 Å². The van der Waals surface area contributed by atoms with E-state index in [9.17, 15) is 0 Å². The molecule has 1 saturated carbocycles. The molecule has 0 unspecified atom stereocenters. The van der Waals surface area contributed by atoms with Crippen molar-refractivity contribution in [1.82, 2.24) is 14.9 Å². The van der Waals surface area contributed by atoms with Gasteiger partial charge in [0.25, 0.3) is 0 Å². The number of morpholine rings is 2. The third-order valence-electron chi connectivity index (χ3n) is 6.88. The molecule has 3 aliphatic rings. The third kappa shape index (κ3) is 3.85. The molecule has 3 fully saturated rings. The van der Waals surface area contributed by atoms with Gasteiger partial charge < -0.3 is 14.4 Å². The van der Waals surface area contributed by atoms with Gasteiger partial charge in [-0.05, 0) is 46.1 Å². The smallest absolute Gasteiger partial charge is 0.146 e. The molecular formula is C23H34N4O2S. The fraction of sp³-hybridized carbons (Fsp3) is 0.739. The summed E-state index contributed by atoms with van der Waals surface area (Å²) >= 11 is 1.80. The maximum Gasteiger partial charge on any atom is 0.146 e. The molecule has 30 heavy (non-hydrogen) atoms. The van der Waals surface area contributed by atoms with E-state index < -0.39 is 0 Å². The van der Waals surface area contributed by atoms with E-state index in [0.29, 0.717) is 0 Å². The van der Waals surface area contributed by atoms with Crippen LogP contribution in [0.15, 0.2) is 0 Å². The van der Waals surface area contributed by atoms with Crippen molar-refractivity contribution in [3.63, 3.8) is 0 Å². The lowest BCUT2D eigenvalue weighted by molar-refractivity contribution is -0.148. The van der Waals surface area contributed by atoms with Gasteiger partial charge in [0.1, 0.15) is 16.5 Å². The average molecular weight is 431 g/mol. The van der Waals surface area contributed by atoms with E-state index in [0.717, 1.165) is 75.3 Å². The Kier molecular flexibility index (Phi) is 5.29. The van der Waals surface area contributed by atoms with Crippen molar-refractivity contribution in [2.45, 2.75) is 71.1 Å². The molecule has 0 atom stereocenters. The van der Waals surface area contributed by atoms with E-state index in [2.05, 4.69) is 37.5 Å². The number of ether oxygens (including phenoxy) is 2. The third-order valence-corrected chi connectivity index (χ3v) is 7.98. The Balaban J connectivity index is 1.55. The molecule has 0 bridgehead atoms. The summed E-state index contributed by atoms with van der Waals surface area (Å²) in [5.41, 5.74) is 1.12. The summed E-state index contributed by atoms with van der Waals surface area (Å²) in [5, 5.41) is 1.24. The van der Waals surface area contributed by atoms with Crippen LogP contribution < -0.4 is 4.90 Å². The van der Waals surface area contributed by atoms with Crippen LogP contribution in [0.25, 0.3) is 10.2 Å². The van der Waals surface area contributed by atoms with Gasteiger partial charge >= 0.3 is 0 Å². The first-order valence-electron chi connectivity index (χ1n) is 11.4. The normalized spacial score (nSPS) is 24.2. The van der Waals surface area contributed by atoms with Crippen molar-refractivity contribution in [3.8, 4) is 0 Å². The van der Waals surface area contributed by atoms with Crippen LogP contribution in [0.3, 0.4) is 0 Å². The summed E-state index contributed by atoms with van der Waals surface area (Å²) < 4.78 is 12.2. The first-order chi connectivity index (χ1) is 14.3. The van der Waals surface area contributed by atoms with Crippen LogP contribution in [-0.4, -0.2) is 65.5 Å². The molecule has 5 rings (SSSR count). The van der Waals surface area contributed by atoms with Crippen molar-refractivity contribution in [3.05, 3.63) is 16.3 Å². The van der Waals surface area contributed by atoms with Gasteiger partial charge in [-0.15, -0.1) is 11.3 Å². The molecule has 164 valence electrons. The predicted octanol–water partition coefficient (Wildman–Crippen LogP) is 4.07. The number of thiophene rings is 1. The SMILES string of the molecule is Cc1sc2nc(CN3CCOCC3)nc(N3CC(C)(C)OC4(CCCC4)C3)c2c1C. The van der Waals surface area contributed by atoms with Crippen molar-refractivity contribution in [1.29, 1.82) is 0 Å². The minimum Gasteiger partial charge on any atom is -0.379 e.